The van der Waals surface area contributed by atoms with Crippen molar-refractivity contribution in [2.45, 2.75) is 25.7 Å². The Morgan fingerprint density at radius 3 is 3.00 bits per heavy atom. The Kier molecular flexibility index (Phi) is 4.04. The van der Waals surface area contributed by atoms with E-state index in [1.165, 1.54) is 0 Å². The fraction of sp³-hybridized carbons (Fsp3) is 0.467. The van der Waals surface area contributed by atoms with Crippen LogP contribution in [0.3, 0.4) is 0 Å². The normalized spacial score (nSPS) is 18.3. The Hall–Kier alpha value is -2.44. The van der Waals surface area contributed by atoms with E-state index in [2.05, 4.69) is 25.3 Å². The highest BCUT2D eigenvalue weighted by molar-refractivity contribution is 5.92. The minimum Gasteiger partial charge on any atom is -0.356 e. The molecule has 1 atom stereocenters. The molecule has 0 aromatic carbocycles. The van der Waals surface area contributed by atoms with E-state index in [9.17, 15) is 4.79 Å². The summed E-state index contributed by atoms with van der Waals surface area (Å²) in [6.45, 7) is 3.50. The lowest BCUT2D eigenvalue weighted by Gasteiger charge is -2.32. The van der Waals surface area contributed by atoms with E-state index in [0.29, 0.717) is 17.4 Å². The number of carbonyl (C=O) groups is 1. The summed E-state index contributed by atoms with van der Waals surface area (Å²) < 4.78 is 5.30. The third-order valence-electron chi connectivity index (χ3n) is 3.83. The summed E-state index contributed by atoms with van der Waals surface area (Å²) in [5.74, 6) is 2.18. The molecule has 3 heterocycles. The predicted octanol–water partition coefficient (Wildman–Crippen LogP) is 1.52. The zero-order valence-electron chi connectivity index (χ0n) is 12.7. The number of carbonyl (C=O) groups excluding carboxylic acids is 1. The Labute approximate surface area is 128 Å². The van der Waals surface area contributed by atoms with Crippen LogP contribution in [-0.2, 0) is 0 Å². The molecule has 1 aliphatic heterocycles. The Morgan fingerprint density at radius 1 is 1.41 bits per heavy atom. The van der Waals surface area contributed by atoms with Gasteiger partial charge >= 0.3 is 0 Å². The molecule has 1 N–H and O–H groups in total. The second kappa shape index (κ2) is 6.13. The van der Waals surface area contributed by atoms with Gasteiger partial charge in [-0.3, -0.25) is 4.79 Å². The second-order valence-corrected chi connectivity index (χ2v) is 5.43. The largest absolute Gasteiger partial charge is 0.356 e. The number of nitrogens with zero attached hydrogens (tertiary/aromatic N) is 4. The average molecular weight is 301 g/mol. The van der Waals surface area contributed by atoms with E-state index >= 15 is 0 Å². The van der Waals surface area contributed by atoms with Crippen molar-refractivity contribution < 1.29 is 9.32 Å². The molecule has 0 radical (unpaired) electrons. The summed E-state index contributed by atoms with van der Waals surface area (Å²) >= 11 is 0. The van der Waals surface area contributed by atoms with Gasteiger partial charge < -0.3 is 14.7 Å². The van der Waals surface area contributed by atoms with Crippen LogP contribution in [0.1, 0.15) is 41.0 Å². The van der Waals surface area contributed by atoms with Gasteiger partial charge in [0.25, 0.3) is 5.91 Å². The Morgan fingerprint density at radius 2 is 2.27 bits per heavy atom. The number of hydrogen-bond acceptors (Lipinski definition) is 6. The molecule has 1 saturated heterocycles. The first kappa shape index (κ1) is 14.5. The molecule has 0 bridgehead atoms. The average Bonchev–Trinajstić information content (AvgIpc) is 3.01. The molecule has 3 rings (SSSR count). The van der Waals surface area contributed by atoms with Crippen LogP contribution in [0.4, 0.5) is 5.82 Å². The van der Waals surface area contributed by atoms with Crippen LogP contribution in [0.15, 0.2) is 22.7 Å². The summed E-state index contributed by atoms with van der Waals surface area (Å²) in [5, 5.41) is 6.46. The molecular weight excluding hydrogens is 282 g/mol. The molecular formula is C15H19N5O2. The number of piperidine rings is 1. The second-order valence-electron chi connectivity index (χ2n) is 5.43. The van der Waals surface area contributed by atoms with Crippen LogP contribution in [0, 0.1) is 6.92 Å². The first-order valence-electron chi connectivity index (χ1n) is 7.41. The van der Waals surface area contributed by atoms with Crippen LogP contribution in [0.25, 0.3) is 0 Å². The topological polar surface area (TPSA) is 84.2 Å². The van der Waals surface area contributed by atoms with E-state index < -0.39 is 0 Å². The number of nitrogens with one attached hydrogen (secondary N) is 1. The van der Waals surface area contributed by atoms with Crippen LogP contribution >= 0.6 is 0 Å². The van der Waals surface area contributed by atoms with E-state index in [0.717, 1.165) is 31.7 Å². The van der Waals surface area contributed by atoms with Crippen molar-refractivity contribution in [3.63, 3.8) is 0 Å². The van der Waals surface area contributed by atoms with Gasteiger partial charge in [-0.05, 0) is 31.9 Å². The molecule has 2 aromatic heterocycles. The maximum absolute atomic E-state index is 11.7. The molecule has 0 spiro atoms. The number of amides is 1. The summed E-state index contributed by atoms with van der Waals surface area (Å²) in [7, 11) is 1.60. The number of pyridine rings is 1. The van der Waals surface area contributed by atoms with Gasteiger partial charge in [0, 0.05) is 20.1 Å². The third kappa shape index (κ3) is 2.93. The van der Waals surface area contributed by atoms with Crippen molar-refractivity contribution in [3.8, 4) is 0 Å². The van der Waals surface area contributed by atoms with Crippen molar-refractivity contribution in [2.24, 2.45) is 0 Å². The molecule has 1 aliphatic rings. The van der Waals surface area contributed by atoms with Gasteiger partial charge in [-0.1, -0.05) is 11.2 Å². The zero-order valence-corrected chi connectivity index (χ0v) is 12.7. The standard InChI is InChI=1S/C15H19N5O2/c1-10-17-15(22-19-10)11-5-4-8-20(9-11)13-7-3-6-12(18-13)14(21)16-2/h3,6-7,11H,4-5,8-9H2,1-2H3,(H,16,21). The SMILES string of the molecule is CNC(=O)c1cccc(N2CCCC(c3nc(C)no3)C2)n1. The lowest BCUT2D eigenvalue weighted by Crippen LogP contribution is -2.35. The molecule has 22 heavy (non-hydrogen) atoms. The smallest absolute Gasteiger partial charge is 0.269 e. The molecule has 116 valence electrons. The van der Waals surface area contributed by atoms with Crippen LogP contribution < -0.4 is 10.2 Å². The molecule has 1 fully saturated rings. The minimum absolute atomic E-state index is 0.178. The lowest BCUT2D eigenvalue weighted by atomic mass is 9.98. The zero-order chi connectivity index (χ0) is 15.5. The number of rotatable bonds is 3. The molecule has 7 heteroatoms. The summed E-state index contributed by atoms with van der Waals surface area (Å²) in [5.41, 5.74) is 0.427. The number of aromatic nitrogens is 3. The Balaban J connectivity index is 1.78. The van der Waals surface area contributed by atoms with E-state index in [1.54, 1.807) is 13.1 Å². The predicted molar refractivity (Wildman–Crippen MR) is 80.9 cm³/mol. The molecule has 2 aromatic rings. The lowest BCUT2D eigenvalue weighted by molar-refractivity contribution is 0.0958. The summed E-state index contributed by atoms with van der Waals surface area (Å²) in [6.07, 6.45) is 2.05. The van der Waals surface area contributed by atoms with Gasteiger partial charge in [-0.2, -0.15) is 4.98 Å². The Bertz CT molecular complexity index is 669. The monoisotopic (exact) mass is 301 g/mol. The number of aryl methyl sites for hydroxylation is 1. The first-order valence-corrected chi connectivity index (χ1v) is 7.41. The highest BCUT2D eigenvalue weighted by Gasteiger charge is 2.26. The fourth-order valence-corrected chi connectivity index (χ4v) is 2.72. The molecule has 0 saturated carbocycles. The highest BCUT2D eigenvalue weighted by atomic mass is 16.5. The van der Waals surface area contributed by atoms with Crippen molar-refractivity contribution in [1.29, 1.82) is 0 Å². The maximum Gasteiger partial charge on any atom is 0.269 e. The minimum atomic E-state index is -0.178. The van der Waals surface area contributed by atoms with E-state index in [4.69, 9.17) is 4.52 Å². The molecule has 1 unspecified atom stereocenters. The number of hydrogen-bond donors (Lipinski definition) is 1. The van der Waals surface area contributed by atoms with Gasteiger partial charge in [-0.15, -0.1) is 0 Å². The molecule has 7 nitrogen and oxygen atoms in total. The van der Waals surface area contributed by atoms with Crippen LogP contribution in [-0.4, -0.2) is 41.2 Å². The third-order valence-corrected chi connectivity index (χ3v) is 3.83. The van der Waals surface area contributed by atoms with Crippen molar-refractivity contribution in [3.05, 3.63) is 35.6 Å². The van der Waals surface area contributed by atoms with Gasteiger partial charge in [0.05, 0.1) is 5.92 Å². The highest BCUT2D eigenvalue weighted by Crippen LogP contribution is 2.28. The summed E-state index contributed by atoms with van der Waals surface area (Å²) in [6, 6.07) is 5.49. The summed E-state index contributed by atoms with van der Waals surface area (Å²) in [4.78, 5) is 22.7. The maximum atomic E-state index is 11.7. The number of anilines is 1. The van der Waals surface area contributed by atoms with Crippen LogP contribution in [0.5, 0.6) is 0 Å². The van der Waals surface area contributed by atoms with E-state index in [-0.39, 0.29) is 11.8 Å². The van der Waals surface area contributed by atoms with Crippen molar-refractivity contribution in [2.75, 3.05) is 25.0 Å². The van der Waals surface area contributed by atoms with Gasteiger partial charge in [0.2, 0.25) is 5.89 Å². The molecule has 0 aliphatic carbocycles. The van der Waals surface area contributed by atoms with Crippen LogP contribution in [0.2, 0.25) is 0 Å². The van der Waals surface area contributed by atoms with Gasteiger partial charge in [0.1, 0.15) is 11.5 Å². The first-order chi connectivity index (χ1) is 10.7. The fourth-order valence-electron chi connectivity index (χ4n) is 2.72. The van der Waals surface area contributed by atoms with Crippen molar-refractivity contribution >= 4 is 11.7 Å². The molecule has 1 amide bonds. The van der Waals surface area contributed by atoms with Gasteiger partial charge in [0.15, 0.2) is 5.82 Å². The van der Waals surface area contributed by atoms with Crippen molar-refractivity contribution in [1.82, 2.24) is 20.4 Å². The van der Waals surface area contributed by atoms with Gasteiger partial charge in [-0.25, -0.2) is 4.98 Å². The quantitative estimate of drug-likeness (QED) is 0.925. The van der Waals surface area contributed by atoms with E-state index in [1.807, 2.05) is 19.1 Å².